The first-order valence-electron chi connectivity index (χ1n) is 5.38. The van der Waals surface area contributed by atoms with Gasteiger partial charge in [0.05, 0.1) is 6.20 Å². The van der Waals surface area contributed by atoms with E-state index in [1.807, 2.05) is 13.0 Å². The quantitative estimate of drug-likeness (QED) is 0.891. The minimum atomic E-state index is -1.05. The molecule has 0 bridgehead atoms. The highest BCUT2D eigenvalue weighted by molar-refractivity contribution is 5.85. The molecule has 0 aliphatic carbocycles. The van der Waals surface area contributed by atoms with Gasteiger partial charge in [-0.25, -0.2) is 9.78 Å². The molecule has 2 aromatic rings. The lowest BCUT2D eigenvalue weighted by atomic mass is 10.2. The van der Waals surface area contributed by atoms with Crippen molar-refractivity contribution in [2.45, 2.75) is 13.5 Å². The van der Waals surface area contributed by atoms with Gasteiger partial charge in [0.1, 0.15) is 18.1 Å². The monoisotopic (exact) mass is 244 g/mol. The Kier molecular flexibility index (Phi) is 3.52. The van der Waals surface area contributed by atoms with E-state index >= 15 is 0 Å². The van der Waals surface area contributed by atoms with E-state index < -0.39 is 5.97 Å². The SMILES string of the molecule is Cc1cncc(COc2ccc(C(=O)O)nc2)c1. The predicted molar refractivity (Wildman–Crippen MR) is 64.5 cm³/mol. The van der Waals surface area contributed by atoms with Gasteiger partial charge in [0.15, 0.2) is 0 Å². The van der Waals surface area contributed by atoms with E-state index in [9.17, 15) is 4.79 Å². The van der Waals surface area contributed by atoms with Gasteiger partial charge >= 0.3 is 5.97 Å². The van der Waals surface area contributed by atoms with Crippen LogP contribution in [0.3, 0.4) is 0 Å². The summed E-state index contributed by atoms with van der Waals surface area (Å²) in [6.07, 6.45) is 4.89. The average molecular weight is 244 g/mol. The molecular weight excluding hydrogens is 232 g/mol. The molecule has 0 radical (unpaired) electrons. The summed E-state index contributed by atoms with van der Waals surface area (Å²) < 4.78 is 5.49. The number of nitrogens with zero attached hydrogens (tertiary/aromatic N) is 2. The lowest BCUT2D eigenvalue weighted by Crippen LogP contribution is -2.01. The number of aromatic nitrogens is 2. The number of carboxylic acid groups (broad SMARTS) is 1. The fourth-order valence-corrected chi connectivity index (χ4v) is 1.46. The summed E-state index contributed by atoms with van der Waals surface area (Å²) in [4.78, 5) is 18.4. The molecule has 92 valence electrons. The molecule has 0 spiro atoms. The van der Waals surface area contributed by atoms with Crippen molar-refractivity contribution in [2.75, 3.05) is 0 Å². The van der Waals surface area contributed by atoms with Gasteiger partial charge in [-0.05, 0) is 30.7 Å². The fraction of sp³-hybridized carbons (Fsp3) is 0.154. The Bertz CT molecular complexity index is 552. The first kappa shape index (κ1) is 12.0. The third-order valence-corrected chi connectivity index (χ3v) is 2.29. The molecule has 18 heavy (non-hydrogen) atoms. The van der Waals surface area contributed by atoms with Crippen molar-refractivity contribution in [3.05, 3.63) is 53.6 Å². The summed E-state index contributed by atoms with van der Waals surface area (Å²) in [5.41, 5.74) is 2.02. The molecular formula is C13H12N2O3. The van der Waals surface area contributed by atoms with Gasteiger partial charge in [-0.15, -0.1) is 0 Å². The highest BCUT2D eigenvalue weighted by atomic mass is 16.5. The maximum atomic E-state index is 10.6. The van der Waals surface area contributed by atoms with E-state index in [1.54, 1.807) is 18.5 Å². The number of pyridine rings is 2. The van der Waals surface area contributed by atoms with Crippen LogP contribution < -0.4 is 4.74 Å². The molecule has 2 heterocycles. The third kappa shape index (κ3) is 3.04. The topological polar surface area (TPSA) is 72.3 Å². The fourth-order valence-electron chi connectivity index (χ4n) is 1.46. The standard InChI is InChI=1S/C13H12N2O3/c1-9-4-10(6-14-5-9)8-18-11-2-3-12(13(16)17)15-7-11/h2-7H,8H2,1H3,(H,16,17). The lowest BCUT2D eigenvalue weighted by molar-refractivity contribution is 0.0690. The minimum Gasteiger partial charge on any atom is -0.487 e. The van der Waals surface area contributed by atoms with E-state index in [-0.39, 0.29) is 5.69 Å². The van der Waals surface area contributed by atoms with Gasteiger partial charge in [0, 0.05) is 18.0 Å². The van der Waals surface area contributed by atoms with Crippen molar-refractivity contribution < 1.29 is 14.6 Å². The molecule has 5 heteroatoms. The van der Waals surface area contributed by atoms with Gasteiger partial charge in [0.2, 0.25) is 0 Å². The number of carboxylic acids is 1. The highest BCUT2D eigenvalue weighted by Crippen LogP contribution is 2.12. The summed E-state index contributed by atoms with van der Waals surface area (Å²) in [5, 5.41) is 8.70. The van der Waals surface area contributed by atoms with Crippen LogP contribution in [0.25, 0.3) is 0 Å². The predicted octanol–water partition coefficient (Wildman–Crippen LogP) is 2.06. The molecule has 2 aromatic heterocycles. The second-order valence-electron chi connectivity index (χ2n) is 3.84. The number of hydrogen-bond donors (Lipinski definition) is 1. The normalized spacial score (nSPS) is 10.1. The first-order valence-corrected chi connectivity index (χ1v) is 5.38. The summed E-state index contributed by atoms with van der Waals surface area (Å²) in [6, 6.07) is 4.97. The highest BCUT2D eigenvalue weighted by Gasteiger charge is 2.04. The maximum absolute atomic E-state index is 10.6. The van der Waals surface area contributed by atoms with Crippen LogP contribution in [0.5, 0.6) is 5.75 Å². The van der Waals surface area contributed by atoms with Crippen LogP contribution in [0.1, 0.15) is 21.6 Å². The molecule has 0 saturated carbocycles. The number of hydrogen-bond acceptors (Lipinski definition) is 4. The van der Waals surface area contributed by atoms with Gasteiger partial charge in [-0.2, -0.15) is 0 Å². The van der Waals surface area contributed by atoms with Crippen LogP contribution in [0.2, 0.25) is 0 Å². The van der Waals surface area contributed by atoms with Crippen LogP contribution in [0.15, 0.2) is 36.8 Å². The largest absolute Gasteiger partial charge is 0.487 e. The van der Waals surface area contributed by atoms with Crippen molar-refractivity contribution in [1.29, 1.82) is 0 Å². The smallest absolute Gasteiger partial charge is 0.354 e. The zero-order chi connectivity index (χ0) is 13.0. The number of ether oxygens (including phenoxy) is 1. The number of carbonyl (C=O) groups is 1. The zero-order valence-electron chi connectivity index (χ0n) is 9.83. The Labute approximate surface area is 104 Å². The van der Waals surface area contributed by atoms with E-state index in [0.29, 0.717) is 12.4 Å². The van der Waals surface area contributed by atoms with Crippen molar-refractivity contribution in [3.8, 4) is 5.75 Å². The van der Waals surface area contributed by atoms with Crippen molar-refractivity contribution in [2.24, 2.45) is 0 Å². The molecule has 2 rings (SSSR count). The van der Waals surface area contributed by atoms with Crippen LogP contribution in [0, 0.1) is 6.92 Å². The van der Waals surface area contributed by atoms with E-state index in [1.165, 1.54) is 12.3 Å². The zero-order valence-corrected chi connectivity index (χ0v) is 9.83. The molecule has 0 amide bonds. The molecule has 0 unspecified atom stereocenters. The second-order valence-corrected chi connectivity index (χ2v) is 3.84. The van der Waals surface area contributed by atoms with Gasteiger partial charge in [-0.3, -0.25) is 4.98 Å². The van der Waals surface area contributed by atoms with Crippen molar-refractivity contribution in [3.63, 3.8) is 0 Å². The third-order valence-electron chi connectivity index (χ3n) is 2.29. The average Bonchev–Trinajstić information content (AvgIpc) is 2.37. The number of aromatic carboxylic acids is 1. The maximum Gasteiger partial charge on any atom is 0.354 e. The Morgan fingerprint density at radius 2 is 2.17 bits per heavy atom. The summed E-state index contributed by atoms with van der Waals surface area (Å²) in [5.74, 6) is -0.522. The molecule has 0 atom stereocenters. The van der Waals surface area contributed by atoms with Crippen molar-refractivity contribution >= 4 is 5.97 Å². The molecule has 0 saturated heterocycles. The number of aryl methyl sites for hydroxylation is 1. The molecule has 0 aliphatic heterocycles. The molecule has 0 fully saturated rings. The lowest BCUT2D eigenvalue weighted by Gasteiger charge is -2.06. The van der Waals surface area contributed by atoms with E-state index in [4.69, 9.17) is 9.84 Å². The first-order chi connectivity index (χ1) is 8.65. The van der Waals surface area contributed by atoms with Crippen LogP contribution in [0.4, 0.5) is 0 Å². The minimum absolute atomic E-state index is 0.000396. The van der Waals surface area contributed by atoms with Crippen LogP contribution in [-0.4, -0.2) is 21.0 Å². The van der Waals surface area contributed by atoms with Crippen molar-refractivity contribution in [1.82, 2.24) is 9.97 Å². The van der Waals surface area contributed by atoms with Crippen LogP contribution >= 0.6 is 0 Å². The molecule has 0 aromatic carbocycles. The van der Waals surface area contributed by atoms with Crippen LogP contribution in [-0.2, 0) is 6.61 Å². The Hall–Kier alpha value is -2.43. The van der Waals surface area contributed by atoms with Gasteiger partial charge in [-0.1, -0.05) is 0 Å². The van der Waals surface area contributed by atoms with E-state index in [2.05, 4.69) is 9.97 Å². The second kappa shape index (κ2) is 5.27. The molecule has 0 aliphatic rings. The number of rotatable bonds is 4. The summed E-state index contributed by atoms with van der Waals surface area (Å²) >= 11 is 0. The van der Waals surface area contributed by atoms with Gasteiger partial charge in [0.25, 0.3) is 0 Å². The Balaban J connectivity index is 2.00. The molecule has 1 N–H and O–H groups in total. The summed E-state index contributed by atoms with van der Waals surface area (Å²) in [6.45, 7) is 2.34. The Morgan fingerprint density at radius 1 is 1.33 bits per heavy atom. The molecule has 5 nitrogen and oxygen atoms in total. The summed E-state index contributed by atoms with van der Waals surface area (Å²) in [7, 11) is 0. The Morgan fingerprint density at radius 3 is 2.78 bits per heavy atom. The van der Waals surface area contributed by atoms with Gasteiger partial charge < -0.3 is 9.84 Å². The van der Waals surface area contributed by atoms with E-state index in [0.717, 1.165) is 11.1 Å².